The Morgan fingerprint density at radius 3 is 0.933 bits per heavy atom. The van der Waals surface area contributed by atoms with Crippen molar-refractivity contribution in [2.24, 2.45) is 5.92 Å². The molecule has 0 aliphatic heterocycles. The highest BCUT2D eigenvalue weighted by molar-refractivity contribution is 8.06. The van der Waals surface area contributed by atoms with Gasteiger partial charge >= 0.3 is 13.4 Å². The zero-order valence-electron chi connectivity index (χ0n) is 8.68. The van der Waals surface area contributed by atoms with Crippen LogP contribution >= 0.6 is 13.4 Å². The molecule has 0 aliphatic carbocycles. The van der Waals surface area contributed by atoms with Gasteiger partial charge in [0.25, 0.3) is 0 Å². The van der Waals surface area contributed by atoms with E-state index in [-0.39, 0.29) is 0 Å². The van der Waals surface area contributed by atoms with Gasteiger partial charge in [-0.1, -0.05) is 27.2 Å². The van der Waals surface area contributed by atoms with Gasteiger partial charge in [0, 0.05) is 0 Å². The van der Waals surface area contributed by atoms with Gasteiger partial charge in [-0.05, 0) is 29.5 Å². The first-order valence-corrected chi connectivity index (χ1v) is 9.16. The van der Waals surface area contributed by atoms with Crippen molar-refractivity contribution in [1.82, 2.24) is 0 Å². The molecule has 0 saturated carbocycles. The van der Waals surface area contributed by atoms with Crippen LogP contribution in [0.2, 0.25) is 0 Å². The van der Waals surface area contributed by atoms with Gasteiger partial charge in [0.1, 0.15) is 0 Å². The fourth-order valence-corrected chi connectivity index (χ4v) is 0. The predicted octanol–water partition coefficient (Wildman–Crippen LogP) is 0.428. The number of hydrogen-bond donors (Lipinski definition) is 6. The molecule has 0 atom stereocenters. The SMILES string of the molecule is CCC(C)C.OP(O)(O)=S.OP(O)(O)=S. The third-order valence-corrected chi connectivity index (χ3v) is 0.816. The standard InChI is InChI=1S/C5H12.2H3O3PS/c1-4-5(2)3;2*1-4(2,3)5/h5H,4H2,1-3H3;2*(H3,1,2,3,5). The summed E-state index contributed by atoms with van der Waals surface area (Å²) in [4.78, 5) is 45.3. The normalized spacial score (nSPS) is 11.1. The van der Waals surface area contributed by atoms with Crippen molar-refractivity contribution in [3.8, 4) is 0 Å². The van der Waals surface area contributed by atoms with Crippen molar-refractivity contribution in [3.63, 3.8) is 0 Å². The zero-order chi connectivity index (χ0) is 13.3. The Hall–Kier alpha value is 1.06. The van der Waals surface area contributed by atoms with Gasteiger partial charge in [-0.3, -0.25) is 0 Å². The lowest BCUT2D eigenvalue weighted by molar-refractivity contribution is 0.361. The summed E-state index contributed by atoms with van der Waals surface area (Å²) in [6, 6.07) is 0. The first-order valence-electron chi connectivity index (χ1n) is 3.84. The van der Waals surface area contributed by atoms with E-state index in [9.17, 15) is 0 Å². The molecule has 0 spiro atoms. The molecular weight excluding hydrogens is 282 g/mol. The van der Waals surface area contributed by atoms with Gasteiger partial charge in [-0.25, -0.2) is 0 Å². The third-order valence-electron chi connectivity index (χ3n) is 0.816. The minimum absolute atomic E-state index is 0.884. The minimum atomic E-state index is -3.81. The molecule has 0 heterocycles. The molecule has 6 N–H and O–H groups in total. The van der Waals surface area contributed by atoms with Gasteiger partial charge in [0.2, 0.25) is 0 Å². The minimum Gasteiger partial charge on any atom is -0.325 e. The van der Waals surface area contributed by atoms with E-state index >= 15 is 0 Å². The Labute approximate surface area is 99.7 Å². The average Bonchev–Trinajstić information content (AvgIpc) is 1.79. The molecule has 0 rings (SSSR count). The van der Waals surface area contributed by atoms with Crippen molar-refractivity contribution in [2.75, 3.05) is 0 Å². The maximum absolute atomic E-state index is 7.56. The van der Waals surface area contributed by atoms with Crippen molar-refractivity contribution >= 4 is 37.1 Å². The molecular formula is C5H18O6P2S2. The van der Waals surface area contributed by atoms with Crippen LogP contribution < -0.4 is 0 Å². The van der Waals surface area contributed by atoms with Crippen LogP contribution in [0.4, 0.5) is 0 Å². The van der Waals surface area contributed by atoms with Crippen molar-refractivity contribution in [1.29, 1.82) is 0 Å². The molecule has 0 aromatic heterocycles. The summed E-state index contributed by atoms with van der Waals surface area (Å²) in [7, 11) is 0. The lowest BCUT2D eigenvalue weighted by Crippen LogP contribution is -1.77. The van der Waals surface area contributed by atoms with E-state index in [4.69, 9.17) is 29.4 Å². The zero-order valence-corrected chi connectivity index (χ0v) is 12.1. The van der Waals surface area contributed by atoms with E-state index in [2.05, 4.69) is 44.4 Å². The lowest BCUT2D eigenvalue weighted by atomic mass is 10.2. The van der Waals surface area contributed by atoms with Crippen LogP contribution in [0.3, 0.4) is 0 Å². The molecule has 6 nitrogen and oxygen atoms in total. The van der Waals surface area contributed by atoms with Crippen LogP contribution in [-0.4, -0.2) is 29.4 Å². The topological polar surface area (TPSA) is 121 Å². The Bertz CT molecular complexity index is 185. The summed E-state index contributed by atoms with van der Waals surface area (Å²) in [5, 5.41) is 0. The van der Waals surface area contributed by atoms with Crippen LogP contribution in [-0.2, 0) is 23.6 Å². The summed E-state index contributed by atoms with van der Waals surface area (Å²) in [6.45, 7) is -0.968. The van der Waals surface area contributed by atoms with Gasteiger partial charge < -0.3 is 29.4 Å². The lowest BCUT2D eigenvalue weighted by Gasteiger charge is -1.90. The second-order valence-electron chi connectivity index (χ2n) is 2.83. The van der Waals surface area contributed by atoms with E-state index in [1.54, 1.807) is 0 Å². The highest BCUT2D eigenvalue weighted by Crippen LogP contribution is 2.26. The summed E-state index contributed by atoms with van der Waals surface area (Å²) in [5.41, 5.74) is 0. The van der Waals surface area contributed by atoms with Gasteiger partial charge in [-0.15, -0.1) is 0 Å². The van der Waals surface area contributed by atoms with E-state index in [0.717, 1.165) is 5.92 Å². The Balaban J connectivity index is -0.000000144. The summed E-state index contributed by atoms with van der Waals surface area (Å²) in [6.07, 6.45) is 1.31. The van der Waals surface area contributed by atoms with Crippen molar-refractivity contribution < 1.29 is 29.4 Å². The van der Waals surface area contributed by atoms with Crippen molar-refractivity contribution in [3.05, 3.63) is 0 Å². The molecule has 0 radical (unpaired) electrons. The smallest absolute Gasteiger partial charge is 0.319 e. The van der Waals surface area contributed by atoms with E-state index in [1.807, 2.05) is 0 Å². The van der Waals surface area contributed by atoms with Crippen molar-refractivity contribution in [2.45, 2.75) is 27.2 Å². The fourth-order valence-electron chi connectivity index (χ4n) is 0. The predicted molar refractivity (Wildman–Crippen MR) is 67.0 cm³/mol. The summed E-state index contributed by atoms with van der Waals surface area (Å²) in [5.74, 6) is 0.884. The maximum Gasteiger partial charge on any atom is 0.319 e. The fraction of sp³-hybridized carbons (Fsp3) is 1.00. The average molecular weight is 300 g/mol. The van der Waals surface area contributed by atoms with Gasteiger partial charge in [0.15, 0.2) is 0 Å². The molecule has 0 unspecified atom stereocenters. The monoisotopic (exact) mass is 300 g/mol. The molecule has 0 aromatic carbocycles. The number of rotatable bonds is 1. The molecule has 0 amide bonds. The van der Waals surface area contributed by atoms with Crippen LogP contribution in [0.1, 0.15) is 27.2 Å². The number of hydrogen-bond acceptors (Lipinski definition) is 2. The molecule has 0 aromatic rings. The molecule has 96 valence electrons. The summed E-state index contributed by atoms with van der Waals surface area (Å²) >= 11 is 7.21. The largest absolute Gasteiger partial charge is 0.325 e. The molecule has 0 bridgehead atoms. The highest BCUT2D eigenvalue weighted by Gasteiger charge is 1.92. The van der Waals surface area contributed by atoms with E-state index < -0.39 is 13.4 Å². The Kier molecular flexibility index (Phi) is 14.6. The molecule has 0 aliphatic rings. The van der Waals surface area contributed by atoms with E-state index in [0.29, 0.717) is 0 Å². The Morgan fingerprint density at radius 1 is 0.867 bits per heavy atom. The molecule has 0 fully saturated rings. The first-order chi connectivity index (χ1) is 6.27. The molecule has 15 heavy (non-hydrogen) atoms. The second-order valence-corrected chi connectivity index (χ2v) is 7.82. The highest BCUT2D eigenvalue weighted by atomic mass is 32.5. The van der Waals surface area contributed by atoms with Crippen LogP contribution in [0.5, 0.6) is 0 Å². The Morgan fingerprint density at radius 2 is 0.933 bits per heavy atom. The van der Waals surface area contributed by atoms with Crippen LogP contribution in [0.25, 0.3) is 0 Å². The van der Waals surface area contributed by atoms with Crippen LogP contribution in [0, 0.1) is 5.92 Å². The quantitative estimate of drug-likeness (QED) is 0.386. The van der Waals surface area contributed by atoms with Gasteiger partial charge in [0.05, 0.1) is 0 Å². The van der Waals surface area contributed by atoms with E-state index in [1.165, 1.54) is 6.42 Å². The van der Waals surface area contributed by atoms with Crippen LogP contribution in [0.15, 0.2) is 0 Å². The second kappa shape index (κ2) is 10.2. The molecule has 10 heteroatoms. The first kappa shape index (κ1) is 21.4. The van der Waals surface area contributed by atoms with Gasteiger partial charge in [-0.2, -0.15) is 0 Å². The molecule has 0 saturated heterocycles. The third kappa shape index (κ3) is 274. The maximum atomic E-state index is 7.56. The summed E-state index contributed by atoms with van der Waals surface area (Å²) < 4.78 is 0.